The molecule has 0 spiro atoms. The summed E-state index contributed by atoms with van der Waals surface area (Å²) in [6, 6.07) is 16.6. The fraction of sp³-hybridized carbons (Fsp3) is 0.400. The summed E-state index contributed by atoms with van der Waals surface area (Å²) in [5.74, 6) is 1.79. The van der Waals surface area contributed by atoms with Crippen LogP contribution in [0.2, 0.25) is 0 Å². The van der Waals surface area contributed by atoms with Crippen molar-refractivity contribution in [3.05, 3.63) is 59.7 Å². The zero-order valence-electron chi connectivity index (χ0n) is 14.4. The molecule has 0 amide bonds. The van der Waals surface area contributed by atoms with Gasteiger partial charge in [-0.3, -0.25) is 0 Å². The average Bonchev–Trinajstić information content (AvgIpc) is 2.46. The van der Waals surface area contributed by atoms with Gasteiger partial charge in [-0.2, -0.15) is 0 Å². The standard InChI is InChI=1S/C20H26O2/c1-19(2,3)22-18-13-9-16(10-14-18)20(4,5)15-7-11-17(21-6)12-8-15/h7-14H,1-6H3. The number of benzene rings is 2. The van der Waals surface area contributed by atoms with Gasteiger partial charge in [-0.25, -0.2) is 0 Å². The molecule has 0 aliphatic carbocycles. The SMILES string of the molecule is COc1ccc(C(C)(C)c2ccc(OC(C)(C)C)cc2)cc1. The minimum absolute atomic E-state index is 0.0630. The molecule has 2 aromatic rings. The Morgan fingerprint density at radius 2 is 1.05 bits per heavy atom. The molecule has 0 heterocycles. The van der Waals surface area contributed by atoms with Gasteiger partial charge in [-0.1, -0.05) is 38.1 Å². The summed E-state index contributed by atoms with van der Waals surface area (Å²) in [7, 11) is 1.69. The summed E-state index contributed by atoms with van der Waals surface area (Å²) in [5, 5.41) is 0. The van der Waals surface area contributed by atoms with Gasteiger partial charge < -0.3 is 9.47 Å². The zero-order valence-corrected chi connectivity index (χ0v) is 14.4. The molecule has 0 aliphatic rings. The molecule has 118 valence electrons. The lowest BCUT2D eigenvalue weighted by atomic mass is 9.78. The van der Waals surface area contributed by atoms with Gasteiger partial charge in [0.1, 0.15) is 17.1 Å². The first kappa shape index (κ1) is 16.4. The summed E-state index contributed by atoms with van der Waals surface area (Å²) in [6.07, 6.45) is 0. The van der Waals surface area contributed by atoms with Gasteiger partial charge in [0.15, 0.2) is 0 Å². The van der Waals surface area contributed by atoms with E-state index in [4.69, 9.17) is 9.47 Å². The van der Waals surface area contributed by atoms with Crippen LogP contribution in [-0.4, -0.2) is 12.7 Å². The molecule has 0 saturated heterocycles. The maximum atomic E-state index is 5.89. The monoisotopic (exact) mass is 298 g/mol. The maximum absolute atomic E-state index is 5.89. The molecular formula is C20H26O2. The lowest BCUT2D eigenvalue weighted by Crippen LogP contribution is -2.23. The second-order valence-electron chi connectivity index (χ2n) is 7.09. The second-order valence-corrected chi connectivity index (χ2v) is 7.09. The van der Waals surface area contributed by atoms with Crippen LogP contribution in [0.4, 0.5) is 0 Å². The molecule has 0 bridgehead atoms. The predicted octanol–water partition coefficient (Wildman–Crippen LogP) is 5.20. The number of methoxy groups -OCH3 is 1. The molecule has 2 aromatic carbocycles. The molecular weight excluding hydrogens is 272 g/mol. The third-order valence-corrected chi connectivity index (χ3v) is 3.81. The maximum Gasteiger partial charge on any atom is 0.120 e. The van der Waals surface area contributed by atoms with Crippen LogP contribution in [0.25, 0.3) is 0 Å². The van der Waals surface area contributed by atoms with Gasteiger partial charge >= 0.3 is 0 Å². The van der Waals surface area contributed by atoms with Gasteiger partial charge in [0.2, 0.25) is 0 Å². The van der Waals surface area contributed by atoms with E-state index in [9.17, 15) is 0 Å². The number of rotatable bonds is 4. The normalized spacial score (nSPS) is 12.1. The third kappa shape index (κ3) is 3.82. The predicted molar refractivity (Wildman–Crippen MR) is 91.9 cm³/mol. The smallest absolute Gasteiger partial charge is 0.120 e. The van der Waals surface area contributed by atoms with Crippen LogP contribution >= 0.6 is 0 Å². The second kappa shape index (κ2) is 6.04. The Hall–Kier alpha value is -1.96. The third-order valence-electron chi connectivity index (χ3n) is 3.81. The molecule has 0 radical (unpaired) electrons. The highest BCUT2D eigenvalue weighted by atomic mass is 16.5. The van der Waals surface area contributed by atoms with Crippen molar-refractivity contribution in [3.63, 3.8) is 0 Å². The van der Waals surface area contributed by atoms with Crippen molar-refractivity contribution in [1.82, 2.24) is 0 Å². The van der Waals surface area contributed by atoms with E-state index >= 15 is 0 Å². The fourth-order valence-corrected chi connectivity index (χ4v) is 2.47. The van der Waals surface area contributed by atoms with E-state index in [0.717, 1.165) is 11.5 Å². The molecule has 0 aliphatic heterocycles. The van der Waals surface area contributed by atoms with E-state index in [1.165, 1.54) is 11.1 Å². The molecule has 2 rings (SSSR count). The van der Waals surface area contributed by atoms with E-state index in [0.29, 0.717) is 0 Å². The largest absolute Gasteiger partial charge is 0.497 e. The molecule has 0 saturated carbocycles. The Morgan fingerprint density at radius 3 is 1.41 bits per heavy atom. The minimum Gasteiger partial charge on any atom is -0.497 e. The first-order chi connectivity index (χ1) is 10.2. The number of hydrogen-bond acceptors (Lipinski definition) is 2. The van der Waals surface area contributed by atoms with Crippen molar-refractivity contribution in [2.45, 2.75) is 45.6 Å². The van der Waals surface area contributed by atoms with Gasteiger partial charge in [-0.05, 0) is 56.2 Å². The van der Waals surface area contributed by atoms with Crippen LogP contribution < -0.4 is 9.47 Å². The van der Waals surface area contributed by atoms with E-state index < -0.39 is 0 Å². The molecule has 22 heavy (non-hydrogen) atoms. The highest BCUT2D eigenvalue weighted by Crippen LogP contribution is 2.33. The van der Waals surface area contributed by atoms with Crippen LogP contribution in [0.5, 0.6) is 11.5 Å². The first-order valence-electron chi connectivity index (χ1n) is 7.66. The number of ether oxygens (including phenoxy) is 2. The van der Waals surface area contributed by atoms with Crippen LogP contribution in [-0.2, 0) is 5.41 Å². The van der Waals surface area contributed by atoms with Gasteiger partial charge in [0.25, 0.3) is 0 Å². The Balaban J connectivity index is 2.24. The lowest BCUT2D eigenvalue weighted by Gasteiger charge is -2.27. The van der Waals surface area contributed by atoms with Crippen molar-refractivity contribution in [2.24, 2.45) is 0 Å². The van der Waals surface area contributed by atoms with Crippen molar-refractivity contribution in [2.75, 3.05) is 7.11 Å². The van der Waals surface area contributed by atoms with Crippen LogP contribution in [0.15, 0.2) is 48.5 Å². The molecule has 0 fully saturated rings. The van der Waals surface area contributed by atoms with Crippen molar-refractivity contribution < 1.29 is 9.47 Å². The summed E-state index contributed by atoms with van der Waals surface area (Å²) >= 11 is 0. The van der Waals surface area contributed by atoms with Gasteiger partial charge in [-0.15, -0.1) is 0 Å². The molecule has 2 heteroatoms. The summed E-state index contributed by atoms with van der Waals surface area (Å²) in [4.78, 5) is 0. The highest BCUT2D eigenvalue weighted by molar-refractivity contribution is 5.41. The fourth-order valence-electron chi connectivity index (χ4n) is 2.47. The van der Waals surface area contributed by atoms with Gasteiger partial charge in [0, 0.05) is 5.41 Å². The highest BCUT2D eigenvalue weighted by Gasteiger charge is 2.23. The van der Waals surface area contributed by atoms with E-state index in [-0.39, 0.29) is 11.0 Å². The molecule has 0 aromatic heterocycles. The quantitative estimate of drug-likeness (QED) is 0.772. The molecule has 2 nitrogen and oxygen atoms in total. The molecule has 0 atom stereocenters. The summed E-state index contributed by atoms with van der Waals surface area (Å²) in [5.41, 5.74) is 2.29. The molecule has 0 unspecified atom stereocenters. The van der Waals surface area contributed by atoms with Crippen molar-refractivity contribution in [1.29, 1.82) is 0 Å². The average molecular weight is 298 g/mol. The van der Waals surface area contributed by atoms with Crippen LogP contribution in [0.3, 0.4) is 0 Å². The zero-order chi connectivity index (χ0) is 16.4. The Morgan fingerprint density at radius 1 is 0.636 bits per heavy atom. The van der Waals surface area contributed by atoms with Crippen LogP contribution in [0, 0.1) is 0 Å². The van der Waals surface area contributed by atoms with E-state index in [1.54, 1.807) is 7.11 Å². The minimum atomic E-state index is -0.174. The van der Waals surface area contributed by atoms with E-state index in [1.807, 2.05) is 24.3 Å². The van der Waals surface area contributed by atoms with Crippen LogP contribution in [0.1, 0.15) is 45.7 Å². The van der Waals surface area contributed by atoms with Crippen molar-refractivity contribution >= 4 is 0 Å². The van der Waals surface area contributed by atoms with Crippen molar-refractivity contribution in [3.8, 4) is 11.5 Å². The Labute approximate surface area is 134 Å². The summed E-state index contributed by atoms with van der Waals surface area (Å²) in [6.45, 7) is 10.6. The summed E-state index contributed by atoms with van der Waals surface area (Å²) < 4.78 is 11.1. The van der Waals surface area contributed by atoms with E-state index in [2.05, 4.69) is 58.9 Å². The Bertz CT molecular complexity index is 602. The van der Waals surface area contributed by atoms with Gasteiger partial charge in [0.05, 0.1) is 7.11 Å². The Kier molecular flexibility index (Phi) is 4.50. The first-order valence-corrected chi connectivity index (χ1v) is 7.66. The lowest BCUT2D eigenvalue weighted by molar-refractivity contribution is 0.131. The molecule has 0 N–H and O–H groups in total. The number of hydrogen-bond donors (Lipinski definition) is 0. The topological polar surface area (TPSA) is 18.5 Å².